The standard InChI is InChI=1S/C8H4Cl2N4OS/c9-5-3-4(7(10)14-13-5)16-8-11-2-1-6(15)12-8/h1-3H,(H,11,12,15). The van der Waals surface area contributed by atoms with E-state index in [0.29, 0.717) is 10.1 Å². The van der Waals surface area contributed by atoms with Gasteiger partial charge in [0.1, 0.15) is 0 Å². The van der Waals surface area contributed by atoms with Gasteiger partial charge in [0, 0.05) is 12.3 Å². The van der Waals surface area contributed by atoms with Crippen molar-refractivity contribution in [1.82, 2.24) is 20.2 Å². The van der Waals surface area contributed by atoms with E-state index in [4.69, 9.17) is 23.2 Å². The molecule has 82 valence electrons. The van der Waals surface area contributed by atoms with E-state index >= 15 is 0 Å². The van der Waals surface area contributed by atoms with Crippen LogP contribution < -0.4 is 5.56 Å². The second-order valence-corrected chi connectivity index (χ2v) is 4.44. The molecular weight excluding hydrogens is 271 g/mol. The third kappa shape index (κ3) is 2.72. The fourth-order valence-corrected chi connectivity index (χ4v) is 2.11. The highest BCUT2D eigenvalue weighted by molar-refractivity contribution is 7.99. The van der Waals surface area contributed by atoms with Gasteiger partial charge in [0.2, 0.25) is 0 Å². The van der Waals surface area contributed by atoms with Crippen molar-refractivity contribution in [2.75, 3.05) is 0 Å². The average Bonchev–Trinajstić information content (AvgIpc) is 2.24. The highest BCUT2D eigenvalue weighted by atomic mass is 35.5. The molecule has 2 aromatic rings. The molecular formula is C8H4Cl2N4OS. The summed E-state index contributed by atoms with van der Waals surface area (Å²) in [4.78, 5) is 18.1. The Morgan fingerprint density at radius 1 is 1.31 bits per heavy atom. The van der Waals surface area contributed by atoms with Crippen molar-refractivity contribution in [3.05, 3.63) is 39.0 Å². The second-order valence-electron chi connectivity index (χ2n) is 2.66. The van der Waals surface area contributed by atoms with Gasteiger partial charge in [0.15, 0.2) is 15.5 Å². The minimum atomic E-state index is -0.235. The van der Waals surface area contributed by atoms with Crippen LogP contribution in [0.15, 0.2) is 33.2 Å². The summed E-state index contributed by atoms with van der Waals surface area (Å²) in [7, 11) is 0. The summed E-state index contributed by atoms with van der Waals surface area (Å²) in [6, 6.07) is 2.87. The van der Waals surface area contributed by atoms with Crippen LogP contribution in [0.4, 0.5) is 0 Å². The van der Waals surface area contributed by atoms with Crippen LogP contribution in [0.1, 0.15) is 0 Å². The SMILES string of the molecule is O=c1ccnc(Sc2cc(Cl)nnc2Cl)[nH]1. The Hall–Kier alpha value is -1.11. The van der Waals surface area contributed by atoms with Crippen LogP contribution in [0.3, 0.4) is 0 Å². The lowest BCUT2D eigenvalue weighted by Crippen LogP contribution is -2.05. The van der Waals surface area contributed by atoms with Crippen LogP contribution in [0, 0.1) is 0 Å². The number of hydrogen-bond acceptors (Lipinski definition) is 5. The minimum Gasteiger partial charge on any atom is -0.301 e. The number of aromatic nitrogens is 4. The van der Waals surface area contributed by atoms with Crippen LogP contribution in [-0.2, 0) is 0 Å². The number of rotatable bonds is 2. The first-order chi connectivity index (χ1) is 7.65. The first-order valence-corrected chi connectivity index (χ1v) is 5.64. The first kappa shape index (κ1) is 11.4. The molecule has 2 rings (SSSR count). The lowest BCUT2D eigenvalue weighted by molar-refractivity contribution is 0.932. The van der Waals surface area contributed by atoms with Crippen molar-refractivity contribution in [2.24, 2.45) is 0 Å². The molecule has 0 aliphatic heterocycles. The van der Waals surface area contributed by atoms with E-state index in [1.165, 1.54) is 12.3 Å². The number of nitrogens with zero attached hydrogens (tertiary/aromatic N) is 3. The quantitative estimate of drug-likeness (QED) is 0.849. The van der Waals surface area contributed by atoms with Crippen molar-refractivity contribution in [3.8, 4) is 0 Å². The molecule has 8 heteroatoms. The van der Waals surface area contributed by atoms with E-state index in [1.54, 1.807) is 6.07 Å². The Kier molecular flexibility index (Phi) is 3.42. The van der Waals surface area contributed by atoms with Crippen LogP contribution in [0.5, 0.6) is 0 Å². The summed E-state index contributed by atoms with van der Waals surface area (Å²) in [5.74, 6) is 0. The summed E-state index contributed by atoms with van der Waals surface area (Å²) >= 11 is 12.6. The lowest BCUT2D eigenvalue weighted by atomic mass is 10.6. The van der Waals surface area contributed by atoms with E-state index in [1.807, 2.05) is 0 Å². The van der Waals surface area contributed by atoms with Crippen LogP contribution in [0.25, 0.3) is 0 Å². The van der Waals surface area contributed by atoms with E-state index in [0.717, 1.165) is 11.8 Å². The molecule has 0 radical (unpaired) electrons. The number of halogens is 2. The van der Waals surface area contributed by atoms with E-state index in [-0.39, 0.29) is 15.9 Å². The van der Waals surface area contributed by atoms with Gasteiger partial charge in [-0.3, -0.25) is 4.79 Å². The van der Waals surface area contributed by atoms with Gasteiger partial charge in [-0.05, 0) is 17.8 Å². The van der Waals surface area contributed by atoms with Crippen LogP contribution in [-0.4, -0.2) is 20.2 Å². The van der Waals surface area contributed by atoms with Crippen molar-refractivity contribution in [1.29, 1.82) is 0 Å². The van der Waals surface area contributed by atoms with Crippen molar-refractivity contribution in [3.63, 3.8) is 0 Å². The van der Waals surface area contributed by atoms with Gasteiger partial charge >= 0.3 is 0 Å². The summed E-state index contributed by atoms with van der Waals surface area (Å²) in [6.45, 7) is 0. The fraction of sp³-hybridized carbons (Fsp3) is 0. The molecule has 5 nitrogen and oxygen atoms in total. The van der Waals surface area contributed by atoms with Crippen molar-refractivity contribution >= 4 is 35.0 Å². The minimum absolute atomic E-state index is 0.209. The number of hydrogen-bond donors (Lipinski definition) is 1. The summed E-state index contributed by atoms with van der Waals surface area (Å²) in [5.41, 5.74) is -0.235. The number of nitrogens with one attached hydrogen (secondary N) is 1. The van der Waals surface area contributed by atoms with Crippen molar-refractivity contribution in [2.45, 2.75) is 10.1 Å². The summed E-state index contributed by atoms with van der Waals surface area (Å²) < 4.78 is 0. The van der Waals surface area contributed by atoms with Crippen LogP contribution >= 0.6 is 35.0 Å². The van der Waals surface area contributed by atoms with Crippen LogP contribution in [0.2, 0.25) is 10.3 Å². The molecule has 0 saturated carbocycles. The molecule has 0 aliphatic carbocycles. The van der Waals surface area contributed by atoms with Gasteiger partial charge in [-0.15, -0.1) is 10.2 Å². The maximum absolute atomic E-state index is 11.0. The molecule has 0 atom stereocenters. The number of aromatic amines is 1. The maximum Gasteiger partial charge on any atom is 0.251 e. The molecule has 0 unspecified atom stereocenters. The zero-order valence-electron chi connectivity index (χ0n) is 7.65. The second kappa shape index (κ2) is 4.82. The van der Waals surface area contributed by atoms with Gasteiger partial charge in [-0.25, -0.2) is 4.98 Å². The zero-order chi connectivity index (χ0) is 11.5. The van der Waals surface area contributed by atoms with Gasteiger partial charge in [0.25, 0.3) is 5.56 Å². The average molecular weight is 275 g/mol. The summed E-state index contributed by atoms with van der Waals surface area (Å²) in [6.07, 6.45) is 1.41. The highest BCUT2D eigenvalue weighted by Crippen LogP contribution is 2.30. The first-order valence-electron chi connectivity index (χ1n) is 4.07. The molecule has 16 heavy (non-hydrogen) atoms. The Bertz CT molecular complexity index is 574. The van der Waals surface area contributed by atoms with E-state index < -0.39 is 0 Å². The Morgan fingerprint density at radius 3 is 2.88 bits per heavy atom. The molecule has 0 amide bonds. The Morgan fingerprint density at radius 2 is 2.12 bits per heavy atom. The topological polar surface area (TPSA) is 71.5 Å². The molecule has 0 saturated heterocycles. The Labute approximate surface area is 104 Å². The molecule has 0 aliphatic rings. The fourth-order valence-electron chi connectivity index (χ4n) is 0.917. The van der Waals surface area contributed by atoms with Gasteiger partial charge in [-0.2, -0.15) is 0 Å². The van der Waals surface area contributed by atoms with Gasteiger partial charge in [0.05, 0.1) is 4.90 Å². The predicted molar refractivity (Wildman–Crippen MR) is 61.0 cm³/mol. The predicted octanol–water partition coefficient (Wildman–Crippen LogP) is 2.02. The lowest BCUT2D eigenvalue weighted by Gasteiger charge is -2.01. The smallest absolute Gasteiger partial charge is 0.251 e. The Balaban J connectivity index is 2.33. The molecule has 1 N–H and O–H groups in total. The van der Waals surface area contributed by atoms with Crippen molar-refractivity contribution < 1.29 is 0 Å². The van der Waals surface area contributed by atoms with Gasteiger partial charge < -0.3 is 4.98 Å². The van der Waals surface area contributed by atoms with E-state index in [2.05, 4.69) is 20.2 Å². The normalized spacial score (nSPS) is 10.4. The monoisotopic (exact) mass is 274 g/mol. The molecule has 0 fully saturated rings. The molecule has 2 heterocycles. The zero-order valence-corrected chi connectivity index (χ0v) is 9.97. The third-order valence-corrected chi connectivity index (χ3v) is 3.05. The maximum atomic E-state index is 11.0. The molecule has 0 bridgehead atoms. The highest BCUT2D eigenvalue weighted by Gasteiger charge is 2.07. The molecule has 0 aromatic carbocycles. The number of H-pyrrole nitrogens is 1. The van der Waals surface area contributed by atoms with Gasteiger partial charge in [-0.1, -0.05) is 23.2 Å². The summed E-state index contributed by atoms with van der Waals surface area (Å²) in [5, 5.41) is 8.07. The molecule has 0 spiro atoms. The van der Waals surface area contributed by atoms with E-state index in [9.17, 15) is 4.79 Å². The largest absolute Gasteiger partial charge is 0.301 e. The third-order valence-electron chi connectivity index (χ3n) is 1.54. The molecule has 2 aromatic heterocycles.